The molecule has 0 unspecified atom stereocenters. The van der Waals surface area contributed by atoms with E-state index in [0.29, 0.717) is 23.0 Å². The lowest BCUT2D eigenvalue weighted by Crippen LogP contribution is -2.37. The fourth-order valence-corrected chi connectivity index (χ4v) is 3.15. The van der Waals surface area contributed by atoms with E-state index in [1.54, 1.807) is 21.2 Å². The summed E-state index contributed by atoms with van der Waals surface area (Å²) in [6, 6.07) is 1.68. The molecular weight excluding hydrogens is 288 g/mol. The van der Waals surface area contributed by atoms with E-state index in [1.807, 2.05) is 0 Å². The molecule has 0 spiro atoms. The first-order valence-electron chi connectivity index (χ1n) is 5.95. The minimum atomic E-state index is -0.728. The first-order valence-corrected chi connectivity index (χ1v) is 7.20. The smallest absolute Gasteiger partial charge is 0.265 e. The van der Waals surface area contributed by atoms with Crippen LogP contribution in [0.5, 0.6) is 0 Å². The highest BCUT2D eigenvalue weighted by Crippen LogP contribution is 2.24. The summed E-state index contributed by atoms with van der Waals surface area (Å²) in [5, 5.41) is 12.1. The fourth-order valence-electron chi connectivity index (χ4n) is 2.05. The van der Waals surface area contributed by atoms with Crippen molar-refractivity contribution >= 4 is 34.8 Å². The van der Waals surface area contributed by atoms with Gasteiger partial charge in [0.1, 0.15) is 4.88 Å². The first-order chi connectivity index (χ1) is 8.99. The van der Waals surface area contributed by atoms with E-state index < -0.39 is 6.10 Å². The van der Waals surface area contributed by atoms with Crippen molar-refractivity contribution in [1.82, 2.24) is 9.80 Å². The molecule has 7 heteroatoms. The number of nitrogens with zero attached hydrogens (tertiary/aromatic N) is 2. The topological polar surface area (TPSA) is 60.9 Å². The fraction of sp³-hybridized carbons (Fsp3) is 0.500. The highest BCUT2D eigenvalue weighted by molar-refractivity contribution is 7.12. The van der Waals surface area contributed by atoms with Crippen molar-refractivity contribution in [3.05, 3.63) is 21.3 Å². The van der Waals surface area contributed by atoms with Crippen molar-refractivity contribution in [2.24, 2.45) is 0 Å². The Morgan fingerprint density at radius 3 is 2.58 bits per heavy atom. The van der Waals surface area contributed by atoms with Gasteiger partial charge < -0.3 is 14.9 Å². The summed E-state index contributed by atoms with van der Waals surface area (Å²) < 4.78 is 0. The van der Waals surface area contributed by atoms with Crippen LogP contribution in [-0.2, 0) is 4.79 Å². The first kappa shape index (κ1) is 14.3. The second-order valence-electron chi connectivity index (χ2n) is 4.47. The minimum absolute atomic E-state index is 0.0949. The maximum atomic E-state index is 12.3. The average Bonchev–Trinajstić information content (AvgIpc) is 2.66. The van der Waals surface area contributed by atoms with E-state index in [2.05, 4.69) is 0 Å². The SMILES string of the molecule is CC(=O)N1CCN(C(=O)c2sccc2Cl)C[C@H](O)C1. The number of halogens is 1. The number of hydrogen-bond donors (Lipinski definition) is 1. The average molecular weight is 303 g/mol. The predicted octanol–water partition coefficient (Wildman–Crippen LogP) is 1.07. The Hall–Kier alpha value is -1.11. The molecule has 5 nitrogen and oxygen atoms in total. The van der Waals surface area contributed by atoms with E-state index in [9.17, 15) is 14.7 Å². The van der Waals surface area contributed by atoms with E-state index in [4.69, 9.17) is 11.6 Å². The number of β-amino-alcohol motifs (C(OH)–C–C–N with tert-alkyl or cyclic N) is 1. The largest absolute Gasteiger partial charge is 0.389 e. The monoisotopic (exact) mass is 302 g/mol. The Labute approximate surface area is 120 Å². The molecule has 1 atom stereocenters. The van der Waals surface area contributed by atoms with Gasteiger partial charge in [0.2, 0.25) is 5.91 Å². The van der Waals surface area contributed by atoms with Gasteiger partial charge in [-0.15, -0.1) is 11.3 Å². The Kier molecular flexibility index (Phi) is 4.44. The molecule has 1 N–H and O–H groups in total. The minimum Gasteiger partial charge on any atom is -0.389 e. The van der Waals surface area contributed by atoms with Gasteiger partial charge in [0, 0.05) is 33.1 Å². The quantitative estimate of drug-likeness (QED) is 0.844. The summed E-state index contributed by atoms with van der Waals surface area (Å²) >= 11 is 7.23. The van der Waals surface area contributed by atoms with E-state index in [1.165, 1.54) is 18.3 Å². The molecule has 1 fully saturated rings. The summed E-state index contributed by atoms with van der Waals surface area (Å²) in [4.78, 5) is 27.2. The highest BCUT2D eigenvalue weighted by atomic mass is 35.5. The summed E-state index contributed by atoms with van der Waals surface area (Å²) in [5.41, 5.74) is 0. The van der Waals surface area contributed by atoms with Gasteiger partial charge in [0.15, 0.2) is 0 Å². The molecule has 104 valence electrons. The molecule has 1 saturated heterocycles. The number of amides is 2. The number of aliphatic hydroxyl groups is 1. The van der Waals surface area contributed by atoms with Gasteiger partial charge in [-0.2, -0.15) is 0 Å². The molecule has 1 aromatic heterocycles. The van der Waals surface area contributed by atoms with Crippen LogP contribution in [0, 0.1) is 0 Å². The molecule has 1 aromatic rings. The van der Waals surface area contributed by atoms with E-state index in [0.717, 1.165) is 0 Å². The van der Waals surface area contributed by atoms with Crippen LogP contribution in [0.4, 0.5) is 0 Å². The van der Waals surface area contributed by atoms with Gasteiger partial charge in [-0.3, -0.25) is 9.59 Å². The highest BCUT2D eigenvalue weighted by Gasteiger charge is 2.27. The van der Waals surface area contributed by atoms with Gasteiger partial charge in [0.05, 0.1) is 11.1 Å². The third-order valence-electron chi connectivity index (χ3n) is 3.05. The Morgan fingerprint density at radius 2 is 2.00 bits per heavy atom. The second kappa shape index (κ2) is 5.90. The summed E-state index contributed by atoms with van der Waals surface area (Å²) in [6.45, 7) is 2.78. The van der Waals surface area contributed by atoms with Crippen LogP contribution >= 0.6 is 22.9 Å². The van der Waals surface area contributed by atoms with Crippen molar-refractivity contribution in [2.75, 3.05) is 26.2 Å². The number of carbonyl (C=O) groups excluding carboxylic acids is 2. The Morgan fingerprint density at radius 1 is 1.37 bits per heavy atom. The third kappa shape index (κ3) is 3.26. The Bertz CT molecular complexity index is 491. The van der Waals surface area contributed by atoms with Gasteiger partial charge in [-0.1, -0.05) is 11.6 Å². The van der Waals surface area contributed by atoms with Gasteiger partial charge >= 0.3 is 0 Å². The number of rotatable bonds is 1. The molecule has 0 bridgehead atoms. The normalized spacial score (nSPS) is 20.3. The van der Waals surface area contributed by atoms with Crippen LogP contribution in [0.1, 0.15) is 16.6 Å². The molecular formula is C12H15ClN2O3S. The van der Waals surface area contributed by atoms with Crippen molar-refractivity contribution in [3.8, 4) is 0 Å². The molecule has 1 aliphatic heterocycles. The zero-order valence-corrected chi connectivity index (χ0v) is 12.1. The molecule has 2 amide bonds. The summed E-state index contributed by atoms with van der Waals surface area (Å²) in [5.74, 6) is -0.285. The molecule has 0 aromatic carbocycles. The zero-order chi connectivity index (χ0) is 14.0. The van der Waals surface area contributed by atoms with Crippen LogP contribution in [0.2, 0.25) is 5.02 Å². The molecule has 0 saturated carbocycles. The van der Waals surface area contributed by atoms with Crippen LogP contribution in [0.3, 0.4) is 0 Å². The zero-order valence-electron chi connectivity index (χ0n) is 10.5. The maximum Gasteiger partial charge on any atom is 0.265 e. The van der Waals surface area contributed by atoms with Crippen LogP contribution in [-0.4, -0.2) is 59.0 Å². The number of hydrogen-bond acceptors (Lipinski definition) is 4. The third-order valence-corrected chi connectivity index (χ3v) is 4.38. The second-order valence-corrected chi connectivity index (χ2v) is 5.79. The number of aliphatic hydroxyl groups excluding tert-OH is 1. The van der Waals surface area contributed by atoms with Gasteiger partial charge in [0.25, 0.3) is 5.91 Å². The van der Waals surface area contributed by atoms with E-state index in [-0.39, 0.29) is 24.9 Å². The maximum absolute atomic E-state index is 12.3. The van der Waals surface area contributed by atoms with Crippen LogP contribution in [0.25, 0.3) is 0 Å². The molecule has 0 aliphatic carbocycles. The molecule has 19 heavy (non-hydrogen) atoms. The molecule has 1 aliphatic rings. The van der Waals surface area contributed by atoms with Crippen molar-refractivity contribution < 1.29 is 14.7 Å². The molecule has 2 rings (SSSR count). The van der Waals surface area contributed by atoms with Crippen molar-refractivity contribution in [1.29, 1.82) is 0 Å². The number of thiophene rings is 1. The van der Waals surface area contributed by atoms with E-state index >= 15 is 0 Å². The van der Waals surface area contributed by atoms with Crippen LogP contribution < -0.4 is 0 Å². The lowest BCUT2D eigenvalue weighted by molar-refractivity contribution is -0.129. The van der Waals surface area contributed by atoms with Gasteiger partial charge in [-0.05, 0) is 11.4 Å². The summed E-state index contributed by atoms with van der Waals surface area (Å²) in [7, 11) is 0. The standard InChI is InChI=1S/C12H15ClN2O3S/c1-8(16)14-3-4-15(7-9(17)6-14)12(18)11-10(13)2-5-19-11/h2,5,9,17H,3-4,6-7H2,1H3/t9-/m1/s1. The summed E-state index contributed by atoms with van der Waals surface area (Å²) in [6.07, 6.45) is -0.728. The Balaban J connectivity index is 2.11. The molecule has 0 radical (unpaired) electrons. The van der Waals surface area contributed by atoms with Gasteiger partial charge in [-0.25, -0.2) is 0 Å². The van der Waals surface area contributed by atoms with Crippen LogP contribution in [0.15, 0.2) is 11.4 Å². The number of carbonyl (C=O) groups is 2. The lowest BCUT2D eigenvalue weighted by atomic mass is 10.3. The molecule has 2 heterocycles. The lowest BCUT2D eigenvalue weighted by Gasteiger charge is -2.21. The van der Waals surface area contributed by atoms with Crippen molar-refractivity contribution in [3.63, 3.8) is 0 Å². The van der Waals surface area contributed by atoms with Crippen molar-refractivity contribution in [2.45, 2.75) is 13.0 Å². The predicted molar refractivity (Wildman–Crippen MR) is 73.5 cm³/mol.